The molecule has 0 aliphatic carbocycles. The van der Waals surface area contributed by atoms with Crippen molar-refractivity contribution >= 4 is 28.6 Å². The van der Waals surface area contributed by atoms with Crippen LogP contribution < -0.4 is 10.1 Å². The molecular weight excluding hydrogens is 430 g/mol. The summed E-state index contributed by atoms with van der Waals surface area (Å²) in [5.74, 6) is 1.38. The first kappa shape index (κ1) is 22.6. The third-order valence-electron chi connectivity index (χ3n) is 7.18. The van der Waals surface area contributed by atoms with Gasteiger partial charge >= 0.3 is 0 Å². The van der Waals surface area contributed by atoms with Gasteiger partial charge in [-0.25, -0.2) is 9.67 Å². The lowest BCUT2D eigenvalue weighted by Crippen LogP contribution is -2.47. The fraction of sp³-hybridized carbons (Fsp3) is 0.520. The van der Waals surface area contributed by atoms with Crippen molar-refractivity contribution < 1.29 is 9.53 Å². The molecule has 2 aromatic heterocycles. The van der Waals surface area contributed by atoms with Crippen LogP contribution in [-0.2, 0) is 24.3 Å². The standard InChI is InChI=1S/C25H33N7O2/c1-16(33)32-20(6-8-25(32,2)3)15-31-23-19(13-27-31)12-26-24(29-23)28-21-10-18-14-30(4)9-7-17(18)11-22(21)34-5/h10-13,20H,6-9,14-15H2,1-5H3,(H,26,28,29)/t20-/m0/s1. The van der Waals surface area contributed by atoms with Gasteiger partial charge in [-0.3, -0.25) is 4.79 Å². The molecule has 2 aliphatic heterocycles. The van der Waals surface area contributed by atoms with Gasteiger partial charge in [-0.15, -0.1) is 0 Å². The largest absolute Gasteiger partial charge is 0.495 e. The van der Waals surface area contributed by atoms with Gasteiger partial charge in [-0.05, 0) is 63.4 Å². The zero-order chi connectivity index (χ0) is 24.0. The van der Waals surface area contributed by atoms with Crippen molar-refractivity contribution in [1.29, 1.82) is 0 Å². The van der Waals surface area contributed by atoms with Gasteiger partial charge in [0.05, 0.1) is 37.0 Å². The average Bonchev–Trinajstić information content (AvgIpc) is 3.32. The molecule has 9 nitrogen and oxygen atoms in total. The second-order valence-corrected chi connectivity index (χ2v) is 10.1. The first-order valence-corrected chi connectivity index (χ1v) is 11.9. The van der Waals surface area contributed by atoms with Gasteiger partial charge in [0, 0.05) is 31.7 Å². The average molecular weight is 464 g/mol. The maximum absolute atomic E-state index is 12.4. The maximum atomic E-state index is 12.4. The third-order valence-corrected chi connectivity index (χ3v) is 7.18. The number of hydrogen-bond acceptors (Lipinski definition) is 7. The van der Waals surface area contributed by atoms with Crippen molar-refractivity contribution in [1.82, 2.24) is 29.5 Å². The Morgan fingerprint density at radius 3 is 2.85 bits per heavy atom. The van der Waals surface area contributed by atoms with Crippen LogP contribution in [0.25, 0.3) is 11.0 Å². The maximum Gasteiger partial charge on any atom is 0.229 e. The highest BCUT2D eigenvalue weighted by Gasteiger charge is 2.41. The van der Waals surface area contributed by atoms with Crippen molar-refractivity contribution in [2.75, 3.05) is 26.0 Å². The monoisotopic (exact) mass is 463 g/mol. The predicted octanol–water partition coefficient (Wildman–Crippen LogP) is 3.36. The van der Waals surface area contributed by atoms with Crippen molar-refractivity contribution in [2.24, 2.45) is 0 Å². The molecule has 5 rings (SSSR count). The van der Waals surface area contributed by atoms with Gasteiger partial charge in [0.25, 0.3) is 0 Å². The number of carbonyl (C=O) groups is 1. The molecule has 34 heavy (non-hydrogen) atoms. The Kier molecular flexibility index (Phi) is 5.67. The van der Waals surface area contributed by atoms with E-state index in [1.807, 2.05) is 9.58 Å². The minimum atomic E-state index is -0.141. The van der Waals surface area contributed by atoms with Crippen LogP contribution >= 0.6 is 0 Å². The lowest BCUT2D eigenvalue weighted by molar-refractivity contribution is -0.134. The highest BCUT2D eigenvalue weighted by Crippen LogP contribution is 2.35. The van der Waals surface area contributed by atoms with E-state index in [2.05, 4.69) is 53.3 Å². The molecule has 2 aliphatic rings. The number of likely N-dealkylation sites (tertiary alicyclic amines) is 1. The van der Waals surface area contributed by atoms with Crippen LogP contribution in [0.1, 0.15) is 44.7 Å². The van der Waals surface area contributed by atoms with E-state index in [0.717, 1.165) is 54.8 Å². The van der Waals surface area contributed by atoms with E-state index in [1.54, 1.807) is 26.4 Å². The first-order chi connectivity index (χ1) is 16.2. The Morgan fingerprint density at radius 1 is 1.26 bits per heavy atom. The molecule has 1 atom stereocenters. The van der Waals surface area contributed by atoms with Gasteiger partial charge < -0.3 is 19.9 Å². The van der Waals surface area contributed by atoms with Crippen molar-refractivity contribution in [2.45, 2.75) is 64.7 Å². The van der Waals surface area contributed by atoms with E-state index >= 15 is 0 Å². The number of ether oxygens (including phenoxy) is 1. The molecular formula is C25H33N7O2. The molecule has 180 valence electrons. The van der Waals surface area contributed by atoms with Crippen molar-refractivity contribution in [3.63, 3.8) is 0 Å². The quantitative estimate of drug-likeness (QED) is 0.621. The highest BCUT2D eigenvalue weighted by atomic mass is 16.5. The van der Waals surface area contributed by atoms with Crippen molar-refractivity contribution in [3.8, 4) is 5.75 Å². The van der Waals surface area contributed by atoms with Crippen LogP contribution in [0.5, 0.6) is 5.75 Å². The Hall–Kier alpha value is -3.20. The number of nitrogens with zero attached hydrogens (tertiary/aromatic N) is 6. The van der Waals surface area contributed by atoms with Gasteiger partial charge in [0.15, 0.2) is 5.65 Å². The summed E-state index contributed by atoms with van der Waals surface area (Å²) in [6.07, 6.45) is 6.51. The molecule has 0 saturated carbocycles. The summed E-state index contributed by atoms with van der Waals surface area (Å²) < 4.78 is 7.55. The Bertz CT molecular complexity index is 1240. The lowest BCUT2D eigenvalue weighted by atomic mass is 9.99. The number of benzene rings is 1. The number of carbonyl (C=O) groups excluding carboxylic acids is 1. The summed E-state index contributed by atoms with van der Waals surface area (Å²) in [6, 6.07) is 4.35. The van der Waals surface area contributed by atoms with E-state index in [1.165, 1.54) is 11.1 Å². The lowest BCUT2D eigenvalue weighted by Gasteiger charge is -2.35. The molecule has 1 saturated heterocycles. The van der Waals surface area contributed by atoms with E-state index < -0.39 is 0 Å². The van der Waals surface area contributed by atoms with E-state index in [-0.39, 0.29) is 17.5 Å². The zero-order valence-electron chi connectivity index (χ0n) is 20.6. The second-order valence-electron chi connectivity index (χ2n) is 10.1. The molecule has 0 spiro atoms. The van der Waals surface area contributed by atoms with E-state index in [4.69, 9.17) is 9.72 Å². The third kappa shape index (κ3) is 4.09. The first-order valence-electron chi connectivity index (χ1n) is 11.9. The van der Waals surface area contributed by atoms with Gasteiger partial charge in [-0.2, -0.15) is 10.1 Å². The number of rotatable bonds is 5. The van der Waals surface area contributed by atoms with Crippen LogP contribution in [0, 0.1) is 0 Å². The van der Waals surface area contributed by atoms with Gasteiger partial charge in [0.2, 0.25) is 11.9 Å². The predicted molar refractivity (Wildman–Crippen MR) is 131 cm³/mol. The number of hydrogen-bond donors (Lipinski definition) is 1. The van der Waals surface area contributed by atoms with Crippen LogP contribution in [0.15, 0.2) is 24.5 Å². The topological polar surface area (TPSA) is 88.4 Å². The molecule has 0 unspecified atom stereocenters. The summed E-state index contributed by atoms with van der Waals surface area (Å²) in [4.78, 5) is 26.0. The van der Waals surface area contributed by atoms with Crippen LogP contribution in [-0.4, -0.2) is 67.7 Å². The van der Waals surface area contributed by atoms with Gasteiger partial charge in [0.1, 0.15) is 5.75 Å². The number of aromatic nitrogens is 4. The fourth-order valence-corrected chi connectivity index (χ4v) is 5.49. The second kappa shape index (κ2) is 8.54. The molecule has 3 aromatic rings. The van der Waals surface area contributed by atoms with Crippen LogP contribution in [0.4, 0.5) is 11.6 Å². The Labute approximate surface area is 200 Å². The summed E-state index contributed by atoms with van der Waals surface area (Å²) >= 11 is 0. The Balaban J connectivity index is 1.43. The molecule has 1 aromatic carbocycles. The summed E-state index contributed by atoms with van der Waals surface area (Å²) in [5.41, 5.74) is 4.07. The van der Waals surface area contributed by atoms with Crippen LogP contribution in [0.2, 0.25) is 0 Å². The normalized spacial score (nSPS) is 19.9. The molecule has 1 amide bonds. The number of fused-ring (bicyclic) bond motifs is 2. The number of amides is 1. The SMILES string of the molecule is COc1cc2c(cc1Nc1ncc3cnn(C[C@@H]4CCC(C)(C)N4C(C)=O)c3n1)CN(C)CC2. The summed E-state index contributed by atoms with van der Waals surface area (Å²) in [7, 11) is 3.82. The summed E-state index contributed by atoms with van der Waals surface area (Å²) in [6.45, 7) is 8.47. The smallest absolute Gasteiger partial charge is 0.229 e. The minimum absolute atomic E-state index is 0.0969. The zero-order valence-corrected chi connectivity index (χ0v) is 20.6. The molecule has 9 heteroatoms. The summed E-state index contributed by atoms with van der Waals surface area (Å²) in [5, 5.41) is 8.80. The highest BCUT2D eigenvalue weighted by molar-refractivity contribution is 5.76. The molecule has 0 bridgehead atoms. The Morgan fingerprint density at radius 2 is 2.09 bits per heavy atom. The van der Waals surface area contributed by atoms with E-state index in [0.29, 0.717) is 12.5 Å². The molecule has 1 fully saturated rings. The molecule has 4 heterocycles. The number of anilines is 2. The molecule has 0 radical (unpaired) electrons. The van der Waals surface area contributed by atoms with Crippen LogP contribution in [0.3, 0.4) is 0 Å². The van der Waals surface area contributed by atoms with Gasteiger partial charge in [-0.1, -0.05) is 0 Å². The molecule has 1 N–H and O–H groups in total. The number of nitrogens with one attached hydrogen (secondary N) is 1. The number of likely N-dealkylation sites (N-methyl/N-ethyl adjacent to an activating group) is 1. The number of methoxy groups -OCH3 is 1. The fourth-order valence-electron chi connectivity index (χ4n) is 5.49. The van der Waals surface area contributed by atoms with Crippen molar-refractivity contribution in [3.05, 3.63) is 35.7 Å². The minimum Gasteiger partial charge on any atom is -0.495 e. The van der Waals surface area contributed by atoms with E-state index in [9.17, 15) is 4.79 Å².